The minimum Gasteiger partial charge on any atom is -0.450 e. The Morgan fingerprint density at radius 1 is 1.16 bits per heavy atom. The second kappa shape index (κ2) is 4.94. The fourth-order valence-electron chi connectivity index (χ4n) is 3.45. The number of rotatable bonds is 7. The molecule has 5 nitrogen and oxygen atoms in total. The summed E-state index contributed by atoms with van der Waals surface area (Å²) < 4.78 is 15.6. The molecule has 2 aliphatic heterocycles. The molecule has 0 aromatic rings. The Kier molecular flexibility index (Phi) is 3.43. The van der Waals surface area contributed by atoms with Crippen molar-refractivity contribution in [2.24, 2.45) is 5.92 Å². The van der Waals surface area contributed by atoms with E-state index in [-0.39, 0.29) is 12.4 Å². The largest absolute Gasteiger partial charge is 0.505 e. The predicted molar refractivity (Wildman–Crippen MR) is 66.7 cm³/mol. The number of hydrogen-bond donors (Lipinski definition) is 1. The molecule has 0 atom stereocenters. The van der Waals surface area contributed by atoms with Crippen LogP contribution >= 0.6 is 0 Å². The molecule has 3 rings (SSSR count). The second-order valence-corrected chi connectivity index (χ2v) is 5.97. The van der Waals surface area contributed by atoms with E-state index in [1.807, 2.05) is 0 Å². The molecule has 1 saturated carbocycles. The molecule has 1 aliphatic carbocycles. The van der Waals surface area contributed by atoms with Crippen LogP contribution in [0.15, 0.2) is 0 Å². The number of carboxylic acid groups (broad SMARTS) is 1. The summed E-state index contributed by atoms with van der Waals surface area (Å²) in [5.41, 5.74) is 0. The van der Waals surface area contributed by atoms with Crippen LogP contribution in [0.2, 0.25) is 0 Å². The zero-order chi connectivity index (χ0) is 13.3. The minimum atomic E-state index is -1.24. The van der Waals surface area contributed by atoms with Gasteiger partial charge in [0.25, 0.3) is 0 Å². The van der Waals surface area contributed by atoms with Crippen LogP contribution in [0, 0.1) is 5.92 Å². The highest BCUT2D eigenvalue weighted by Crippen LogP contribution is 2.71. The van der Waals surface area contributed by atoms with Crippen molar-refractivity contribution in [3.8, 4) is 0 Å². The molecular formula is C14H22O5. The third kappa shape index (κ3) is 2.72. The van der Waals surface area contributed by atoms with Gasteiger partial charge < -0.3 is 19.3 Å². The molecule has 5 heteroatoms. The number of ether oxygens (including phenoxy) is 3. The molecule has 3 fully saturated rings. The number of epoxide rings is 2. The minimum absolute atomic E-state index is 0.152. The van der Waals surface area contributed by atoms with E-state index in [0.717, 1.165) is 18.8 Å². The standard InChI is InChI=1S/C14H22O5/c15-12(16)17-10-9-14-13(18-14,19-14)8-4-7-11-5-2-1-3-6-11/h11H,1-10H2,(H,15,16). The fraction of sp³-hybridized carbons (Fsp3) is 0.929. The SMILES string of the molecule is O=C(O)OCCC12OC1(CCCC1CCCCC1)O2. The van der Waals surface area contributed by atoms with Gasteiger partial charge in [0.1, 0.15) is 6.61 Å². The van der Waals surface area contributed by atoms with Crippen LogP contribution in [0.25, 0.3) is 0 Å². The Morgan fingerprint density at radius 3 is 2.53 bits per heavy atom. The maximum Gasteiger partial charge on any atom is 0.505 e. The van der Waals surface area contributed by atoms with Crippen LogP contribution < -0.4 is 0 Å². The summed E-state index contributed by atoms with van der Waals surface area (Å²) in [5.74, 6) is 0.0332. The topological polar surface area (TPSA) is 71.6 Å². The average Bonchev–Trinajstić information content (AvgIpc) is 3.16. The van der Waals surface area contributed by atoms with Gasteiger partial charge in [0, 0.05) is 12.8 Å². The van der Waals surface area contributed by atoms with Crippen LogP contribution in [-0.2, 0) is 14.2 Å². The zero-order valence-corrected chi connectivity index (χ0v) is 11.2. The van der Waals surface area contributed by atoms with E-state index >= 15 is 0 Å². The van der Waals surface area contributed by atoms with Gasteiger partial charge >= 0.3 is 6.16 Å². The number of hydrogen-bond acceptors (Lipinski definition) is 4. The van der Waals surface area contributed by atoms with Gasteiger partial charge in [0.05, 0.1) is 0 Å². The Labute approximate surface area is 113 Å². The van der Waals surface area contributed by atoms with Gasteiger partial charge in [0.2, 0.25) is 11.6 Å². The first-order chi connectivity index (χ1) is 9.16. The molecule has 0 aromatic carbocycles. The van der Waals surface area contributed by atoms with Gasteiger partial charge in [-0.25, -0.2) is 4.79 Å². The van der Waals surface area contributed by atoms with E-state index in [9.17, 15) is 4.79 Å². The summed E-state index contributed by atoms with van der Waals surface area (Å²) in [4.78, 5) is 10.2. The van der Waals surface area contributed by atoms with E-state index in [4.69, 9.17) is 14.6 Å². The van der Waals surface area contributed by atoms with Gasteiger partial charge in [-0.1, -0.05) is 38.5 Å². The summed E-state index contributed by atoms with van der Waals surface area (Å²) in [6.07, 6.45) is 9.58. The average molecular weight is 270 g/mol. The molecule has 0 radical (unpaired) electrons. The lowest BCUT2D eigenvalue weighted by molar-refractivity contribution is -0.105. The maximum atomic E-state index is 10.2. The van der Waals surface area contributed by atoms with Gasteiger partial charge in [-0.2, -0.15) is 0 Å². The molecule has 108 valence electrons. The fourth-order valence-corrected chi connectivity index (χ4v) is 3.45. The van der Waals surface area contributed by atoms with Crippen molar-refractivity contribution in [2.75, 3.05) is 6.61 Å². The lowest BCUT2D eigenvalue weighted by atomic mass is 9.85. The molecule has 1 N–H and O–H groups in total. The van der Waals surface area contributed by atoms with Crippen LogP contribution in [0.4, 0.5) is 4.79 Å². The highest BCUT2D eigenvalue weighted by Gasteiger charge is 2.89. The van der Waals surface area contributed by atoms with E-state index in [1.165, 1.54) is 38.5 Å². The third-order valence-corrected chi connectivity index (χ3v) is 4.66. The van der Waals surface area contributed by atoms with E-state index in [1.54, 1.807) is 0 Å². The van der Waals surface area contributed by atoms with Crippen LogP contribution in [-0.4, -0.2) is 29.4 Å². The highest BCUT2D eigenvalue weighted by molar-refractivity contribution is 5.56. The molecule has 3 aliphatic rings. The van der Waals surface area contributed by atoms with Gasteiger partial charge in [0.15, 0.2) is 0 Å². The quantitative estimate of drug-likeness (QED) is 0.567. The van der Waals surface area contributed by atoms with Crippen LogP contribution in [0.3, 0.4) is 0 Å². The molecule has 2 heterocycles. The Morgan fingerprint density at radius 2 is 1.84 bits per heavy atom. The smallest absolute Gasteiger partial charge is 0.450 e. The van der Waals surface area contributed by atoms with Gasteiger partial charge in [-0.15, -0.1) is 0 Å². The summed E-state index contributed by atoms with van der Waals surface area (Å²) >= 11 is 0. The molecule has 0 bridgehead atoms. The zero-order valence-electron chi connectivity index (χ0n) is 11.2. The van der Waals surface area contributed by atoms with Crippen molar-refractivity contribution in [1.29, 1.82) is 0 Å². The Bertz CT molecular complexity index is 342. The first-order valence-electron chi connectivity index (χ1n) is 7.42. The lowest BCUT2D eigenvalue weighted by Crippen LogP contribution is -2.08. The van der Waals surface area contributed by atoms with Gasteiger partial charge in [-0.3, -0.25) is 0 Å². The first-order valence-corrected chi connectivity index (χ1v) is 7.42. The molecule has 0 amide bonds. The molecule has 0 unspecified atom stereocenters. The van der Waals surface area contributed by atoms with Crippen molar-refractivity contribution < 1.29 is 24.1 Å². The lowest BCUT2D eigenvalue weighted by Gasteiger charge is -2.21. The molecular weight excluding hydrogens is 248 g/mol. The van der Waals surface area contributed by atoms with E-state index in [0.29, 0.717) is 6.42 Å². The molecule has 19 heavy (non-hydrogen) atoms. The highest BCUT2D eigenvalue weighted by atomic mass is 17.0. The summed E-state index contributed by atoms with van der Waals surface area (Å²) in [6.45, 7) is 0.152. The monoisotopic (exact) mass is 270 g/mol. The molecule has 2 saturated heterocycles. The number of carbonyl (C=O) groups is 1. The van der Waals surface area contributed by atoms with E-state index < -0.39 is 11.9 Å². The Hall–Kier alpha value is -0.810. The van der Waals surface area contributed by atoms with Crippen molar-refractivity contribution in [2.45, 2.75) is 69.4 Å². The van der Waals surface area contributed by atoms with Crippen molar-refractivity contribution in [3.05, 3.63) is 0 Å². The second-order valence-electron chi connectivity index (χ2n) is 5.97. The third-order valence-electron chi connectivity index (χ3n) is 4.66. The van der Waals surface area contributed by atoms with Crippen molar-refractivity contribution in [3.63, 3.8) is 0 Å². The molecule has 0 spiro atoms. The predicted octanol–water partition coefficient (Wildman–Crippen LogP) is 3.27. The molecule has 0 aromatic heterocycles. The summed E-state index contributed by atoms with van der Waals surface area (Å²) in [5, 5.41) is 8.39. The van der Waals surface area contributed by atoms with Crippen molar-refractivity contribution >= 4 is 6.16 Å². The summed E-state index contributed by atoms with van der Waals surface area (Å²) in [6, 6.07) is 0. The van der Waals surface area contributed by atoms with Crippen LogP contribution in [0.5, 0.6) is 0 Å². The van der Waals surface area contributed by atoms with Crippen molar-refractivity contribution in [1.82, 2.24) is 0 Å². The summed E-state index contributed by atoms with van der Waals surface area (Å²) in [7, 11) is 0. The van der Waals surface area contributed by atoms with Crippen LogP contribution in [0.1, 0.15) is 57.8 Å². The maximum absolute atomic E-state index is 10.2. The van der Waals surface area contributed by atoms with E-state index in [2.05, 4.69) is 4.74 Å². The van der Waals surface area contributed by atoms with Gasteiger partial charge in [-0.05, 0) is 12.3 Å². The normalized spacial score (nSPS) is 36.6. The Balaban J connectivity index is 1.29. The first kappa shape index (κ1) is 13.2. The number of fused-ring (bicyclic) bond motifs is 1.